The van der Waals surface area contributed by atoms with Crippen LogP contribution in [0.25, 0.3) is 0 Å². The lowest BCUT2D eigenvalue weighted by Crippen LogP contribution is -2.21. The minimum atomic E-state index is -0.292. The van der Waals surface area contributed by atoms with Gasteiger partial charge in [-0.15, -0.1) is 0 Å². The fourth-order valence-electron chi connectivity index (χ4n) is 3.16. The largest absolute Gasteiger partial charge is 0.469 e. The van der Waals surface area contributed by atoms with Crippen molar-refractivity contribution in [1.29, 1.82) is 0 Å². The number of carbonyl (C=O) groups is 3. The van der Waals surface area contributed by atoms with E-state index in [2.05, 4.69) is 4.74 Å². The third kappa shape index (κ3) is 8.00. The number of rotatable bonds is 9. The van der Waals surface area contributed by atoms with Crippen LogP contribution in [0.3, 0.4) is 0 Å². The second kappa shape index (κ2) is 10.2. The summed E-state index contributed by atoms with van der Waals surface area (Å²) in [6.45, 7) is 2.80. The average molecular weight is 328 g/mol. The van der Waals surface area contributed by atoms with Crippen LogP contribution in [-0.4, -0.2) is 37.2 Å². The Labute approximate surface area is 137 Å². The van der Waals surface area contributed by atoms with Crippen molar-refractivity contribution in [3.63, 3.8) is 0 Å². The number of hydrogen-bond donors (Lipinski definition) is 0. The molecular weight excluding hydrogens is 300 g/mol. The zero-order chi connectivity index (χ0) is 17.2. The standard InChI is InChI=1S/C17H28O6/c1-12(18)22-15-10-14(16(11-15)23-13(2)19)8-6-4-5-7-9-17(20)21-3/h14-16H,4-11H2,1-3H3. The fourth-order valence-corrected chi connectivity index (χ4v) is 3.16. The smallest absolute Gasteiger partial charge is 0.305 e. The Bertz CT molecular complexity index is 406. The molecule has 1 saturated carbocycles. The predicted molar refractivity (Wildman–Crippen MR) is 83.6 cm³/mol. The molecule has 3 unspecified atom stereocenters. The molecule has 1 rings (SSSR count). The highest BCUT2D eigenvalue weighted by Gasteiger charge is 2.37. The van der Waals surface area contributed by atoms with Gasteiger partial charge in [0.1, 0.15) is 12.2 Å². The molecule has 132 valence electrons. The molecule has 23 heavy (non-hydrogen) atoms. The number of unbranched alkanes of at least 4 members (excludes halogenated alkanes) is 3. The molecule has 0 aromatic heterocycles. The Hall–Kier alpha value is -1.59. The van der Waals surface area contributed by atoms with Crippen LogP contribution < -0.4 is 0 Å². The topological polar surface area (TPSA) is 78.9 Å². The van der Waals surface area contributed by atoms with Crippen molar-refractivity contribution < 1.29 is 28.6 Å². The molecule has 1 aliphatic carbocycles. The normalized spacial score (nSPS) is 23.3. The second-order valence-electron chi connectivity index (χ2n) is 6.14. The number of hydrogen-bond acceptors (Lipinski definition) is 6. The first kappa shape index (κ1) is 19.5. The van der Waals surface area contributed by atoms with Crippen LogP contribution in [0.2, 0.25) is 0 Å². The molecule has 6 heteroatoms. The van der Waals surface area contributed by atoms with Gasteiger partial charge < -0.3 is 14.2 Å². The molecule has 0 heterocycles. The molecule has 0 aromatic carbocycles. The molecule has 0 N–H and O–H groups in total. The van der Waals surface area contributed by atoms with E-state index in [0.29, 0.717) is 12.8 Å². The fraction of sp³-hybridized carbons (Fsp3) is 0.824. The highest BCUT2D eigenvalue weighted by Crippen LogP contribution is 2.34. The van der Waals surface area contributed by atoms with E-state index < -0.39 is 0 Å². The van der Waals surface area contributed by atoms with Crippen LogP contribution >= 0.6 is 0 Å². The molecule has 0 amide bonds. The summed E-state index contributed by atoms with van der Waals surface area (Å²) < 4.78 is 15.2. The Morgan fingerprint density at radius 3 is 2.17 bits per heavy atom. The second-order valence-corrected chi connectivity index (χ2v) is 6.14. The lowest BCUT2D eigenvalue weighted by molar-refractivity contribution is -0.149. The maximum atomic E-state index is 11.2. The minimum absolute atomic E-state index is 0.152. The highest BCUT2D eigenvalue weighted by atomic mass is 16.6. The summed E-state index contributed by atoms with van der Waals surface area (Å²) in [5.41, 5.74) is 0. The van der Waals surface area contributed by atoms with Crippen LogP contribution in [-0.2, 0) is 28.6 Å². The van der Waals surface area contributed by atoms with Gasteiger partial charge in [-0.2, -0.15) is 0 Å². The summed E-state index contributed by atoms with van der Waals surface area (Å²) in [7, 11) is 1.40. The van der Waals surface area contributed by atoms with Gasteiger partial charge >= 0.3 is 17.9 Å². The molecule has 1 fully saturated rings. The van der Waals surface area contributed by atoms with E-state index >= 15 is 0 Å². The van der Waals surface area contributed by atoms with E-state index in [1.54, 1.807) is 0 Å². The molecular formula is C17H28O6. The molecule has 0 radical (unpaired) electrons. The van der Waals surface area contributed by atoms with Gasteiger partial charge in [-0.3, -0.25) is 14.4 Å². The van der Waals surface area contributed by atoms with Crippen molar-refractivity contribution in [3.05, 3.63) is 0 Å². The van der Waals surface area contributed by atoms with E-state index in [1.807, 2.05) is 0 Å². The van der Waals surface area contributed by atoms with Gasteiger partial charge in [0.2, 0.25) is 0 Å². The van der Waals surface area contributed by atoms with Gasteiger partial charge in [0.05, 0.1) is 7.11 Å². The number of methoxy groups -OCH3 is 1. The molecule has 0 aliphatic heterocycles. The lowest BCUT2D eigenvalue weighted by Gasteiger charge is -2.18. The van der Waals surface area contributed by atoms with Crippen LogP contribution in [0.1, 0.15) is 65.2 Å². The van der Waals surface area contributed by atoms with Crippen LogP contribution in [0.15, 0.2) is 0 Å². The first-order valence-corrected chi connectivity index (χ1v) is 8.33. The first-order valence-electron chi connectivity index (χ1n) is 8.33. The van der Waals surface area contributed by atoms with Gasteiger partial charge in [0.15, 0.2) is 0 Å². The first-order chi connectivity index (χ1) is 10.9. The lowest BCUT2D eigenvalue weighted by atomic mass is 9.97. The summed E-state index contributed by atoms with van der Waals surface area (Å²) in [5, 5.41) is 0. The summed E-state index contributed by atoms with van der Waals surface area (Å²) >= 11 is 0. The van der Waals surface area contributed by atoms with Crippen molar-refractivity contribution in [2.45, 2.75) is 77.4 Å². The molecule has 0 saturated heterocycles. The van der Waals surface area contributed by atoms with E-state index in [4.69, 9.17) is 9.47 Å². The maximum Gasteiger partial charge on any atom is 0.305 e. The van der Waals surface area contributed by atoms with E-state index in [1.165, 1.54) is 21.0 Å². The van der Waals surface area contributed by atoms with Crippen LogP contribution in [0.5, 0.6) is 0 Å². The average Bonchev–Trinajstić information content (AvgIpc) is 2.82. The molecule has 3 atom stereocenters. The monoisotopic (exact) mass is 328 g/mol. The number of ether oxygens (including phenoxy) is 3. The molecule has 0 spiro atoms. The third-order valence-corrected chi connectivity index (χ3v) is 4.17. The highest BCUT2D eigenvalue weighted by molar-refractivity contribution is 5.69. The van der Waals surface area contributed by atoms with Crippen LogP contribution in [0, 0.1) is 5.92 Å². The van der Waals surface area contributed by atoms with Gasteiger partial charge in [0, 0.05) is 26.7 Å². The Kier molecular flexibility index (Phi) is 8.66. The molecule has 6 nitrogen and oxygen atoms in total. The van der Waals surface area contributed by atoms with Gasteiger partial charge in [0.25, 0.3) is 0 Å². The van der Waals surface area contributed by atoms with Gasteiger partial charge in [-0.25, -0.2) is 0 Å². The number of carbonyl (C=O) groups excluding carboxylic acids is 3. The predicted octanol–water partition coefficient (Wildman–Crippen LogP) is 2.77. The molecule has 0 aromatic rings. The minimum Gasteiger partial charge on any atom is -0.469 e. The SMILES string of the molecule is COC(=O)CCCCCCC1CC(OC(C)=O)CC1OC(C)=O. The molecule has 0 bridgehead atoms. The van der Waals surface area contributed by atoms with Crippen molar-refractivity contribution in [2.75, 3.05) is 7.11 Å². The van der Waals surface area contributed by atoms with E-state index in [-0.39, 0.29) is 36.0 Å². The van der Waals surface area contributed by atoms with Crippen molar-refractivity contribution >= 4 is 17.9 Å². The summed E-state index contributed by atoms with van der Waals surface area (Å²) in [6, 6.07) is 0. The summed E-state index contributed by atoms with van der Waals surface area (Å²) in [4.78, 5) is 33.3. The van der Waals surface area contributed by atoms with Gasteiger partial charge in [-0.05, 0) is 25.2 Å². The van der Waals surface area contributed by atoms with Crippen molar-refractivity contribution in [2.24, 2.45) is 5.92 Å². The van der Waals surface area contributed by atoms with Gasteiger partial charge in [-0.1, -0.05) is 19.3 Å². The zero-order valence-electron chi connectivity index (χ0n) is 14.3. The Morgan fingerprint density at radius 2 is 1.57 bits per heavy atom. The van der Waals surface area contributed by atoms with Crippen LogP contribution in [0.4, 0.5) is 0 Å². The van der Waals surface area contributed by atoms with E-state index in [9.17, 15) is 14.4 Å². The van der Waals surface area contributed by atoms with Crippen molar-refractivity contribution in [1.82, 2.24) is 0 Å². The Balaban J connectivity index is 2.29. The quantitative estimate of drug-likeness (QED) is 0.368. The third-order valence-electron chi connectivity index (χ3n) is 4.17. The molecule has 1 aliphatic rings. The van der Waals surface area contributed by atoms with Crippen molar-refractivity contribution in [3.8, 4) is 0 Å². The maximum absolute atomic E-state index is 11.2. The zero-order valence-corrected chi connectivity index (χ0v) is 14.3. The summed E-state index contributed by atoms with van der Waals surface area (Å²) in [6.07, 6.45) is 6.28. The Morgan fingerprint density at radius 1 is 0.913 bits per heavy atom. The van der Waals surface area contributed by atoms with E-state index in [0.717, 1.165) is 38.5 Å². The summed E-state index contributed by atoms with van der Waals surface area (Å²) in [5.74, 6) is -0.509. The number of esters is 3.